The summed E-state index contributed by atoms with van der Waals surface area (Å²) in [6, 6.07) is 22.9. The lowest BCUT2D eigenvalue weighted by molar-refractivity contribution is -0.118. The first kappa shape index (κ1) is 36.7. The highest BCUT2D eigenvalue weighted by Crippen LogP contribution is 2.22. The van der Waals surface area contributed by atoms with Gasteiger partial charge < -0.3 is 15.0 Å². The minimum absolute atomic E-state index is 0.0257. The van der Waals surface area contributed by atoms with E-state index in [0.717, 1.165) is 51.5 Å². The van der Waals surface area contributed by atoms with E-state index < -0.39 is 0 Å². The Morgan fingerprint density at radius 3 is 2.27 bits per heavy atom. The zero-order chi connectivity index (χ0) is 33.4. The van der Waals surface area contributed by atoms with E-state index in [1.54, 1.807) is 7.11 Å². The molecule has 4 aromatic rings. The maximum absolute atomic E-state index is 10.7. The van der Waals surface area contributed by atoms with E-state index in [-0.39, 0.29) is 5.91 Å². The normalized spacial score (nSPS) is 11.8. The Morgan fingerprint density at radius 2 is 1.62 bits per heavy atom. The van der Waals surface area contributed by atoms with Gasteiger partial charge >= 0.3 is 0 Å². The number of aryl methyl sites for hydroxylation is 2. The molecular formula is C38H51N5O2. The molecule has 45 heavy (non-hydrogen) atoms. The molecule has 7 nitrogen and oxygen atoms in total. The van der Waals surface area contributed by atoms with E-state index in [2.05, 4.69) is 103 Å². The second-order valence-electron chi connectivity index (χ2n) is 11.1. The molecule has 7 heteroatoms. The van der Waals surface area contributed by atoms with Gasteiger partial charge in [-0.1, -0.05) is 69.7 Å². The fourth-order valence-electron chi connectivity index (χ4n) is 4.17. The number of benzene rings is 3. The number of nitrogens with one attached hydrogen (secondary N) is 2. The average Bonchev–Trinajstić information content (AvgIpc) is 3.50. The van der Waals surface area contributed by atoms with Crippen molar-refractivity contribution in [1.29, 1.82) is 0 Å². The number of aliphatic imine (C=N–C) groups is 1. The van der Waals surface area contributed by atoms with Gasteiger partial charge in [-0.3, -0.25) is 9.79 Å². The van der Waals surface area contributed by atoms with Crippen molar-refractivity contribution in [2.45, 2.75) is 68.7 Å². The molecule has 1 heterocycles. The number of nitrogens with zero attached hydrogens (tertiary/aromatic N) is 3. The van der Waals surface area contributed by atoms with Crippen LogP contribution >= 0.6 is 0 Å². The number of ether oxygens (including phenoxy) is 1. The molecule has 0 atom stereocenters. The molecule has 0 aliphatic rings. The summed E-state index contributed by atoms with van der Waals surface area (Å²) in [5, 5.41) is 12.7. The molecule has 0 spiro atoms. The quantitative estimate of drug-likeness (QED) is 0.139. The van der Waals surface area contributed by atoms with E-state index in [1.165, 1.54) is 23.4 Å². The number of rotatable bonds is 10. The van der Waals surface area contributed by atoms with E-state index >= 15 is 0 Å². The lowest BCUT2D eigenvalue weighted by atomic mass is 9.97. The molecule has 1 amide bonds. The second kappa shape index (κ2) is 19.0. The number of amides is 1. The van der Waals surface area contributed by atoms with Gasteiger partial charge in [0.15, 0.2) is 0 Å². The van der Waals surface area contributed by atoms with Crippen LogP contribution in [0.5, 0.6) is 5.75 Å². The second-order valence-corrected chi connectivity index (χ2v) is 11.1. The lowest BCUT2D eigenvalue weighted by Crippen LogP contribution is -2.22. The number of aromatic amines is 1. The number of methoxy groups -OCH3 is 1. The van der Waals surface area contributed by atoms with Crippen molar-refractivity contribution in [2.75, 3.05) is 20.2 Å². The van der Waals surface area contributed by atoms with Gasteiger partial charge in [-0.25, -0.2) is 0 Å². The molecule has 0 unspecified atom stereocenters. The smallest absolute Gasteiger partial charge is 0.216 e. The highest BCUT2D eigenvalue weighted by Gasteiger charge is 2.12. The van der Waals surface area contributed by atoms with Crippen LogP contribution in [0.15, 0.2) is 88.1 Å². The molecule has 0 fully saturated rings. The Hall–Kier alpha value is -4.52. The molecule has 0 saturated heterocycles. The summed E-state index contributed by atoms with van der Waals surface area (Å²) in [6.45, 7) is 19.1. The third kappa shape index (κ3) is 12.2. The van der Waals surface area contributed by atoms with Gasteiger partial charge in [0.1, 0.15) is 5.75 Å². The van der Waals surface area contributed by atoms with E-state index in [1.807, 2.05) is 46.0 Å². The average molecular weight is 610 g/mol. The van der Waals surface area contributed by atoms with Gasteiger partial charge in [-0.2, -0.15) is 10.2 Å². The Labute approximate surface area is 269 Å². The first-order chi connectivity index (χ1) is 21.6. The first-order valence-corrected chi connectivity index (χ1v) is 15.7. The topological polar surface area (TPSA) is 91.2 Å². The van der Waals surface area contributed by atoms with Crippen LogP contribution in [-0.2, 0) is 11.2 Å². The van der Waals surface area contributed by atoms with Crippen molar-refractivity contribution in [1.82, 2.24) is 10.3 Å². The molecule has 2 N–H and O–H groups in total. The third-order valence-electron chi connectivity index (χ3n) is 7.11. The molecule has 0 aliphatic carbocycles. The number of fused-ring (bicyclic) bond motifs is 1. The van der Waals surface area contributed by atoms with Crippen LogP contribution in [0, 0.1) is 19.8 Å². The van der Waals surface area contributed by atoms with E-state index in [0.29, 0.717) is 19.0 Å². The predicted octanol–water partition coefficient (Wildman–Crippen LogP) is 8.51. The van der Waals surface area contributed by atoms with Crippen molar-refractivity contribution >= 4 is 33.9 Å². The number of carbonyl (C=O) groups excluding carboxylic acids is 1. The molecule has 1 aromatic heterocycles. The highest BCUT2D eigenvalue weighted by molar-refractivity contribution is 6.14. The Bertz CT molecular complexity index is 1590. The number of aromatic nitrogens is 1. The summed E-state index contributed by atoms with van der Waals surface area (Å²) in [5.74, 6) is 1.24. The summed E-state index contributed by atoms with van der Waals surface area (Å²) in [4.78, 5) is 18.8. The largest absolute Gasteiger partial charge is 0.497 e. The Balaban J connectivity index is 0.000000347. The van der Waals surface area contributed by atoms with E-state index in [4.69, 9.17) is 9.73 Å². The predicted molar refractivity (Wildman–Crippen MR) is 193 cm³/mol. The van der Waals surface area contributed by atoms with Crippen molar-refractivity contribution in [3.05, 3.63) is 101 Å². The number of carbonyl (C=O) groups is 1. The third-order valence-corrected chi connectivity index (χ3v) is 7.11. The molecule has 4 rings (SSSR count). The maximum Gasteiger partial charge on any atom is 0.216 e. The van der Waals surface area contributed by atoms with Crippen LogP contribution in [0.3, 0.4) is 0 Å². The maximum atomic E-state index is 10.7. The summed E-state index contributed by atoms with van der Waals surface area (Å²) >= 11 is 0. The zero-order valence-corrected chi connectivity index (χ0v) is 28.8. The van der Waals surface area contributed by atoms with Crippen molar-refractivity contribution in [3.8, 4) is 5.75 Å². The van der Waals surface area contributed by atoms with Crippen LogP contribution in [0.2, 0.25) is 0 Å². The van der Waals surface area contributed by atoms with Crippen molar-refractivity contribution < 1.29 is 9.53 Å². The number of H-pyrrole nitrogens is 1. The van der Waals surface area contributed by atoms with Crippen LogP contribution < -0.4 is 10.1 Å². The highest BCUT2D eigenvalue weighted by atomic mass is 16.5. The summed E-state index contributed by atoms with van der Waals surface area (Å²) in [7, 11) is 1.68. The van der Waals surface area contributed by atoms with Gasteiger partial charge in [-0.15, -0.1) is 0 Å². The molecule has 0 aliphatic heterocycles. The summed E-state index contributed by atoms with van der Waals surface area (Å²) < 4.78 is 5.43. The van der Waals surface area contributed by atoms with Gasteiger partial charge in [0, 0.05) is 42.0 Å². The Morgan fingerprint density at radius 1 is 0.911 bits per heavy atom. The zero-order valence-electron chi connectivity index (χ0n) is 28.8. The first-order valence-electron chi connectivity index (χ1n) is 15.7. The fourth-order valence-corrected chi connectivity index (χ4v) is 4.17. The SMILES string of the molecule is CC.CC(=O)NCCc1ccc2[nH]ccc2c1.COc1ccc(C)c(C(=NC/C(C)=N/N=C(/C)C(C)C)c2ccc(C)cc2)c1. The van der Waals surface area contributed by atoms with Gasteiger partial charge in [0.05, 0.1) is 25.1 Å². The molecule has 0 radical (unpaired) electrons. The van der Waals surface area contributed by atoms with Crippen LogP contribution in [0.1, 0.15) is 76.3 Å². The molecule has 240 valence electrons. The van der Waals surface area contributed by atoms with Crippen LogP contribution in [0.4, 0.5) is 0 Å². The van der Waals surface area contributed by atoms with Crippen LogP contribution in [0.25, 0.3) is 10.9 Å². The van der Waals surface area contributed by atoms with Crippen molar-refractivity contribution in [2.24, 2.45) is 21.1 Å². The molecule has 0 bridgehead atoms. The summed E-state index contributed by atoms with van der Waals surface area (Å²) in [6.07, 6.45) is 2.81. The number of hydrogen-bond acceptors (Lipinski definition) is 5. The Kier molecular flexibility index (Phi) is 15.5. The van der Waals surface area contributed by atoms with Crippen LogP contribution in [-0.4, -0.2) is 48.2 Å². The van der Waals surface area contributed by atoms with E-state index in [9.17, 15) is 4.79 Å². The van der Waals surface area contributed by atoms with Crippen molar-refractivity contribution in [3.63, 3.8) is 0 Å². The monoisotopic (exact) mass is 609 g/mol. The molecular weight excluding hydrogens is 558 g/mol. The minimum Gasteiger partial charge on any atom is -0.497 e. The minimum atomic E-state index is 0.0257. The summed E-state index contributed by atoms with van der Waals surface area (Å²) in [5.41, 5.74) is 9.76. The van der Waals surface area contributed by atoms with Gasteiger partial charge in [0.25, 0.3) is 0 Å². The van der Waals surface area contributed by atoms with Gasteiger partial charge in [-0.05, 0) is 86.9 Å². The lowest BCUT2D eigenvalue weighted by Gasteiger charge is -2.13. The fraction of sp³-hybridized carbons (Fsp3) is 0.368. The molecule has 3 aromatic carbocycles. The standard InChI is InChI=1S/C24H31N3O.C12H14N2O.C2H6/c1-16(2)20(6)27-26-19(5)15-25-24(21-11-8-17(3)9-12-21)23-14-22(28-7)13-10-18(23)4;1-9(15)13-6-4-10-2-3-12-11(8-10)5-7-14-12;1-2/h8-14,16H,15H2,1-7H3;2-3,5,7-8,14H,4,6H2,1H3,(H,13,15);1-2H3/b25-24?,26-19+,27-20-;;. The van der Waals surface area contributed by atoms with Gasteiger partial charge in [0.2, 0.25) is 5.91 Å². The number of hydrogen-bond donors (Lipinski definition) is 2. The molecule has 0 saturated carbocycles.